The topological polar surface area (TPSA) is 49.4 Å². The molecule has 0 saturated heterocycles. The molecule has 0 spiro atoms. The fourth-order valence-corrected chi connectivity index (χ4v) is 2.56. The Morgan fingerprint density at radius 3 is 2.29 bits per heavy atom. The maximum Gasteiger partial charge on any atom is 0.244 e. The van der Waals surface area contributed by atoms with E-state index in [4.69, 9.17) is 0 Å². The second kappa shape index (κ2) is 7.30. The summed E-state index contributed by atoms with van der Waals surface area (Å²) in [5.74, 6) is -0.367. The normalized spacial score (nSPS) is 10.4. The van der Waals surface area contributed by atoms with Gasteiger partial charge < -0.3 is 10.2 Å². The van der Waals surface area contributed by atoms with Crippen LogP contribution in [0.5, 0.6) is 0 Å². The monoisotopic (exact) mass is 324 g/mol. The number of nitrogens with zero attached hydrogens (tertiary/aromatic N) is 1. The van der Waals surface area contributed by atoms with Gasteiger partial charge in [0.1, 0.15) is 6.54 Å². The summed E-state index contributed by atoms with van der Waals surface area (Å²) < 4.78 is 0. The van der Waals surface area contributed by atoms with Crippen molar-refractivity contribution in [2.75, 3.05) is 16.8 Å². The molecule has 2 rings (SSSR count). The van der Waals surface area contributed by atoms with Gasteiger partial charge in [-0.15, -0.1) is 0 Å². The highest BCUT2D eigenvalue weighted by molar-refractivity contribution is 6.02. The summed E-state index contributed by atoms with van der Waals surface area (Å²) in [5.41, 5.74) is 5.91. The Morgan fingerprint density at radius 1 is 0.958 bits per heavy atom. The van der Waals surface area contributed by atoms with Crippen molar-refractivity contribution in [2.24, 2.45) is 0 Å². The van der Waals surface area contributed by atoms with E-state index in [0.29, 0.717) is 0 Å². The van der Waals surface area contributed by atoms with E-state index in [1.165, 1.54) is 17.4 Å². The van der Waals surface area contributed by atoms with Gasteiger partial charge in [0, 0.05) is 18.3 Å². The van der Waals surface area contributed by atoms with Crippen molar-refractivity contribution in [1.82, 2.24) is 0 Å². The van der Waals surface area contributed by atoms with Crippen molar-refractivity contribution in [3.8, 4) is 0 Å². The predicted octanol–water partition coefficient (Wildman–Crippen LogP) is 3.91. The summed E-state index contributed by atoms with van der Waals surface area (Å²) in [6.45, 7) is 9.45. The van der Waals surface area contributed by atoms with Crippen molar-refractivity contribution < 1.29 is 9.59 Å². The Balaban J connectivity index is 2.18. The van der Waals surface area contributed by atoms with Crippen molar-refractivity contribution in [3.63, 3.8) is 0 Å². The van der Waals surface area contributed by atoms with Crippen LogP contribution in [0.4, 0.5) is 11.4 Å². The zero-order valence-corrected chi connectivity index (χ0v) is 14.9. The minimum Gasteiger partial charge on any atom is -0.325 e. The first-order chi connectivity index (χ1) is 11.3. The van der Waals surface area contributed by atoms with Gasteiger partial charge in [0.15, 0.2) is 0 Å². The Labute approximate surface area is 143 Å². The summed E-state index contributed by atoms with van der Waals surface area (Å²) in [5, 5.41) is 2.87. The lowest BCUT2D eigenvalue weighted by Gasteiger charge is -2.23. The van der Waals surface area contributed by atoms with Crippen molar-refractivity contribution in [1.29, 1.82) is 0 Å². The van der Waals surface area contributed by atoms with Crippen molar-refractivity contribution in [2.45, 2.75) is 34.6 Å². The van der Waals surface area contributed by atoms with Gasteiger partial charge in [0.05, 0.1) is 0 Å². The first-order valence-electron chi connectivity index (χ1n) is 8.01. The fraction of sp³-hybridized carbons (Fsp3) is 0.300. The van der Waals surface area contributed by atoms with Crippen LogP contribution in [0.1, 0.15) is 29.2 Å². The molecule has 0 aromatic heterocycles. The van der Waals surface area contributed by atoms with Crippen LogP contribution in [0.3, 0.4) is 0 Å². The van der Waals surface area contributed by atoms with Crippen LogP contribution in [0.25, 0.3) is 0 Å². The number of aryl methyl sites for hydroxylation is 3. The lowest BCUT2D eigenvalue weighted by molar-refractivity contribution is -0.120. The second-order valence-corrected chi connectivity index (χ2v) is 6.17. The minimum absolute atomic E-state index is 0.00739. The smallest absolute Gasteiger partial charge is 0.244 e. The van der Waals surface area contributed by atoms with Gasteiger partial charge in [-0.2, -0.15) is 0 Å². The number of benzene rings is 2. The highest BCUT2D eigenvalue weighted by Gasteiger charge is 2.18. The zero-order chi connectivity index (χ0) is 17.9. The van der Waals surface area contributed by atoms with E-state index in [1.807, 2.05) is 64.1 Å². The first kappa shape index (κ1) is 17.7. The number of anilines is 2. The molecule has 0 unspecified atom stereocenters. The molecule has 0 saturated carbocycles. The Bertz CT molecular complexity index is 781. The number of hydrogen-bond acceptors (Lipinski definition) is 2. The number of nitrogens with one attached hydrogen (secondary N) is 1. The lowest BCUT2D eigenvalue weighted by atomic mass is 10.1. The lowest BCUT2D eigenvalue weighted by Crippen LogP contribution is -2.37. The van der Waals surface area contributed by atoms with Gasteiger partial charge in [0.25, 0.3) is 0 Å². The average Bonchev–Trinajstić information content (AvgIpc) is 2.51. The maximum atomic E-state index is 12.4. The highest BCUT2D eigenvalue weighted by atomic mass is 16.2. The van der Waals surface area contributed by atoms with Crippen LogP contribution in [0.2, 0.25) is 0 Å². The van der Waals surface area contributed by atoms with Crippen LogP contribution in [0, 0.1) is 27.7 Å². The number of carbonyl (C=O) groups excluding carboxylic acids is 2. The van der Waals surface area contributed by atoms with Gasteiger partial charge >= 0.3 is 0 Å². The molecule has 4 nitrogen and oxygen atoms in total. The SMILES string of the molecule is CC(=O)N(CC(=O)Nc1ccc(C)c(C)c1)c1cccc(C)c1C. The van der Waals surface area contributed by atoms with E-state index >= 15 is 0 Å². The molecule has 126 valence electrons. The van der Waals surface area contributed by atoms with E-state index < -0.39 is 0 Å². The predicted molar refractivity (Wildman–Crippen MR) is 98.5 cm³/mol. The van der Waals surface area contributed by atoms with Crippen LogP contribution >= 0.6 is 0 Å². The third kappa shape index (κ3) is 4.02. The number of amides is 2. The molecule has 0 fully saturated rings. The molecule has 0 radical (unpaired) electrons. The molecule has 0 aliphatic rings. The van der Waals surface area contributed by atoms with Crippen LogP contribution in [-0.4, -0.2) is 18.4 Å². The first-order valence-corrected chi connectivity index (χ1v) is 8.01. The third-order valence-electron chi connectivity index (χ3n) is 4.34. The van der Waals surface area contributed by atoms with E-state index in [2.05, 4.69) is 5.32 Å². The standard InChI is InChI=1S/C20H24N2O2/c1-13-9-10-18(11-15(13)3)21-20(24)12-22(17(5)23)19-8-6-7-14(2)16(19)4/h6-11H,12H2,1-5H3,(H,21,24). The Kier molecular flexibility index (Phi) is 5.39. The summed E-state index contributed by atoms with van der Waals surface area (Å²) in [6.07, 6.45) is 0. The summed E-state index contributed by atoms with van der Waals surface area (Å²) in [4.78, 5) is 25.9. The second-order valence-electron chi connectivity index (χ2n) is 6.17. The Morgan fingerprint density at radius 2 is 1.67 bits per heavy atom. The zero-order valence-electron chi connectivity index (χ0n) is 14.9. The molecule has 4 heteroatoms. The van der Waals surface area contributed by atoms with E-state index in [0.717, 1.165) is 28.1 Å². The number of hydrogen-bond donors (Lipinski definition) is 1. The minimum atomic E-state index is -0.214. The van der Waals surface area contributed by atoms with E-state index in [1.54, 1.807) is 0 Å². The van der Waals surface area contributed by atoms with Gasteiger partial charge in [0.2, 0.25) is 11.8 Å². The highest BCUT2D eigenvalue weighted by Crippen LogP contribution is 2.23. The van der Waals surface area contributed by atoms with Crippen LogP contribution in [0.15, 0.2) is 36.4 Å². The van der Waals surface area contributed by atoms with Gasteiger partial charge in [-0.05, 0) is 68.1 Å². The Hall–Kier alpha value is -2.62. The molecule has 24 heavy (non-hydrogen) atoms. The van der Waals surface area contributed by atoms with Gasteiger partial charge in [-0.1, -0.05) is 18.2 Å². The molecule has 0 bridgehead atoms. The molecule has 0 atom stereocenters. The molecule has 0 aliphatic carbocycles. The molecule has 2 aromatic rings. The van der Waals surface area contributed by atoms with E-state index in [-0.39, 0.29) is 18.4 Å². The summed E-state index contributed by atoms with van der Waals surface area (Å²) >= 11 is 0. The van der Waals surface area contributed by atoms with Gasteiger partial charge in [-0.3, -0.25) is 9.59 Å². The van der Waals surface area contributed by atoms with Gasteiger partial charge in [-0.25, -0.2) is 0 Å². The number of rotatable bonds is 4. The molecular weight excluding hydrogens is 300 g/mol. The molecule has 1 N–H and O–H groups in total. The third-order valence-corrected chi connectivity index (χ3v) is 4.34. The average molecular weight is 324 g/mol. The van der Waals surface area contributed by atoms with Crippen LogP contribution < -0.4 is 10.2 Å². The van der Waals surface area contributed by atoms with E-state index in [9.17, 15) is 9.59 Å². The molecule has 0 heterocycles. The molecule has 2 amide bonds. The quantitative estimate of drug-likeness (QED) is 0.927. The molecule has 0 aliphatic heterocycles. The number of carbonyl (C=O) groups is 2. The fourth-order valence-electron chi connectivity index (χ4n) is 2.56. The van der Waals surface area contributed by atoms with Crippen LogP contribution in [-0.2, 0) is 9.59 Å². The molecular formula is C20H24N2O2. The molecule has 2 aromatic carbocycles. The maximum absolute atomic E-state index is 12.4. The van der Waals surface area contributed by atoms with Crippen molar-refractivity contribution >= 4 is 23.2 Å². The van der Waals surface area contributed by atoms with Crippen molar-refractivity contribution in [3.05, 3.63) is 58.7 Å². The summed E-state index contributed by atoms with van der Waals surface area (Å²) in [7, 11) is 0. The summed E-state index contributed by atoms with van der Waals surface area (Å²) in [6, 6.07) is 11.5. The largest absolute Gasteiger partial charge is 0.325 e.